The molecule has 0 atom stereocenters. The molecule has 0 radical (unpaired) electrons. The molecule has 2 aromatic carbocycles. The third-order valence-electron chi connectivity index (χ3n) is 6.46. The SMILES string of the molecule is COc1cc(C)c2c(ccn2C(=O)OC(C)(C)C)c1C(=O)c1nc2ccc(C#N)cc2n1COCC[Si](C)(C)C. The summed E-state index contributed by atoms with van der Waals surface area (Å²) in [4.78, 5) is 32.0. The van der Waals surface area contributed by atoms with Crippen LogP contribution in [-0.4, -0.2) is 53.4 Å². The van der Waals surface area contributed by atoms with Crippen molar-refractivity contribution in [1.82, 2.24) is 14.1 Å². The van der Waals surface area contributed by atoms with Crippen molar-refractivity contribution in [2.45, 2.75) is 65.7 Å². The molecular formula is C30H36N4O5Si. The number of nitriles is 1. The predicted molar refractivity (Wildman–Crippen MR) is 157 cm³/mol. The number of nitrogens with zero attached hydrogens (tertiary/aromatic N) is 4. The molecule has 0 aliphatic heterocycles. The number of aromatic nitrogens is 3. The summed E-state index contributed by atoms with van der Waals surface area (Å²) in [7, 11) is 0.181. The average Bonchev–Trinajstić information content (AvgIpc) is 3.46. The first-order valence-corrected chi connectivity index (χ1v) is 16.9. The molecule has 10 heteroatoms. The summed E-state index contributed by atoms with van der Waals surface area (Å²) in [5, 5.41) is 10.0. The Morgan fingerprint density at radius 3 is 2.48 bits per heavy atom. The molecule has 0 fully saturated rings. The van der Waals surface area contributed by atoms with Crippen LogP contribution in [0.15, 0.2) is 36.5 Å². The van der Waals surface area contributed by atoms with Crippen LogP contribution in [0.1, 0.15) is 48.1 Å². The largest absolute Gasteiger partial charge is 0.496 e. The summed E-state index contributed by atoms with van der Waals surface area (Å²) in [5.74, 6) is 0.145. The van der Waals surface area contributed by atoms with Gasteiger partial charge in [-0.1, -0.05) is 19.6 Å². The molecule has 0 amide bonds. The number of hydrogen-bond donors (Lipinski definition) is 0. The van der Waals surface area contributed by atoms with Crippen molar-refractivity contribution >= 4 is 41.9 Å². The van der Waals surface area contributed by atoms with Gasteiger partial charge in [-0.2, -0.15) is 5.26 Å². The van der Waals surface area contributed by atoms with Gasteiger partial charge in [0.25, 0.3) is 0 Å². The molecular weight excluding hydrogens is 524 g/mol. The van der Waals surface area contributed by atoms with Gasteiger partial charge in [0.1, 0.15) is 18.1 Å². The van der Waals surface area contributed by atoms with Gasteiger partial charge in [0.05, 0.1) is 40.9 Å². The van der Waals surface area contributed by atoms with Crippen molar-refractivity contribution in [3.05, 3.63) is 59.0 Å². The van der Waals surface area contributed by atoms with E-state index in [0.717, 1.165) is 11.6 Å². The third-order valence-corrected chi connectivity index (χ3v) is 8.16. The van der Waals surface area contributed by atoms with Crippen molar-refractivity contribution in [3.8, 4) is 11.8 Å². The maximum absolute atomic E-state index is 14.3. The van der Waals surface area contributed by atoms with E-state index in [2.05, 4.69) is 30.7 Å². The van der Waals surface area contributed by atoms with E-state index in [4.69, 9.17) is 14.2 Å². The van der Waals surface area contributed by atoms with Crippen LogP contribution in [0.5, 0.6) is 5.75 Å². The molecule has 4 aromatic rings. The Labute approximate surface area is 235 Å². The second kappa shape index (κ2) is 10.9. The molecule has 0 aliphatic carbocycles. The van der Waals surface area contributed by atoms with Gasteiger partial charge in [-0.25, -0.2) is 9.78 Å². The Morgan fingerprint density at radius 2 is 1.85 bits per heavy atom. The molecule has 0 saturated carbocycles. The van der Waals surface area contributed by atoms with Gasteiger partial charge in [-0.3, -0.25) is 13.9 Å². The summed E-state index contributed by atoms with van der Waals surface area (Å²) >= 11 is 0. The maximum Gasteiger partial charge on any atom is 0.419 e. The fourth-order valence-electron chi connectivity index (χ4n) is 4.51. The minimum absolute atomic E-state index is 0.104. The number of carbonyl (C=O) groups is 2. The van der Waals surface area contributed by atoms with E-state index in [-0.39, 0.29) is 23.9 Å². The third kappa shape index (κ3) is 5.95. The highest BCUT2D eigenvalue weighted by atomic mass is 28.3. The molecule has 210 valence electrons. The van der Waals surface area contributed by atoms with Crippen molar-refractivity contribution in [2.24, 2.45) is 0 Å². The first-order chi connectivity index (χ1) is 18.7. The van der Waals surface area contributed by atoms with Crippen molar-refractivity contribution in [3.63, 3.8) is 0 Å². The smallest absolute Gasteiger partial charge is 0.419 e. The van der Waals surface area contributed by atoms with Gasteiger partial charge >= 0.3 is 6.09 Å². The Bertz CT molecular complexity index is 1650. The number of benzene rings is 2. The zero-order valence-electron chi connectivity index (χ0n) is 24.4. The molecule has 0 spiro atoms. The molecule has 40 heavy (non-hydrogen) atoms. The van der Waals surface area contributed by atoms with Crippen molar-refractivity contribution in [2.75, 3.05) is 13.7 Å². The van der Waals surface area contributed by atoms with E-state index >= 15 is 0 Å². The van der Waals surface area contributed by atoms with E-state index in [1.165, 1.54) is 11.7 Å². The highest BCUT2D eigenvalue weighted by Gasteiger charge is 2.28. The summed E-state index contributed by atoms with van der Waals surface area (Å²) in [6.07, 6.45) is 1.06. The van der Waals surface area contributed by atoms with Crippen LogP contribution in [0.25, 0.3) is 21.9 Å². The number of methoxy groups -OCH3 is 1. The molecule has 0 bridgehead atoms. The predicted octanol–water partition coefficient (Wildman–Crippen LogP) is 6.51. The van der Waals surface area contributed by atoms with E-state index < -0.39 is 19.8 Å². The van der Waals surface area contributed by atoms with E-state index in [1.54, 1.807) is 61.9 Å². The van der Waals surface area contributed by atoms with Crippen molar-refractivity contribution in [1.29, 1.82) is 5.26 Å². The van der Waals surface area contributed by atoms with Gasteiger partial charge in [0.2, 0.25) is 5.78 Å². The van der Waals surface area contributed by atoms with Gasteiger partial charge in [0, 0.05) is 26.3 Å². The van der Waals surface area contributed by atoms with Crippen LogP contribution in [0.4, 0.5) is 4.79 Å². The number of rotatable bonds is 8. The molecule has 4 rings (SSSR count). The van der Waals surface area contributed by atoms with Crippen LogP contribution in [0.3, 0.4) is 0 Å². The Hall–Kier alpha value is -3.94. The summed E-state index contributed by atoms with van der Waals surface area (Å²) < 4.78 is 20.4. The fourth-order valence-corrected chi connectivity index (χ4v) is 5.26. The Balaban J connectivity index is 1.86. The van der Waals surface area contributed by atoms with Crippen LogP contribution in [-0.2, 0) is 16.2 Å². The van der Waals surface area contributed by atoms with Crippen molar-refractivity contribution < 1.29 is 23.8 Å². The minimum atomic E-state index is -1.32. The maximum atomic E-state index is 14.3. The first-order valence-electron chi connectivity index (χ1n) is 13.2. The number of carbonyl (C=O) groups excluding carboxylic acids is 2. The lowest BCUT2D eigenvalue weighted by molar-refractivity contribution is 0.0544. The second-order valence-corrected chi connectivity index (χ2v) is 17.7. The van der Waals surface area contributed by atoms with Crippen LogP contribution >= 0.6 is 0 Å². The number of aryl methyl sites for hydroxylation is 1. The van der Waals surface area contributed by atoms with E-state index in [0.29, 0.717) is 39.9 Å². The number of fused-ring (bicyclic) bond motifs is 2. The average molecular weight is 561 g/mol. The topological polar surface area (TPSA) is 108 Å². The molecule has 0 aliphatic rings. The quantitative estimate of drug-likeness (QED) is 0.137. The standard InChI is InChI=1S/C30H36N4O5Si/c1-19-15-24(37-5)25(21-11-12-33(26(19)21)29(36)39-30(2,3)4)27(35)28-32-22-10-9-20(17-31)16-23(22)34(28)18-38-13-14-40(6,7)8/h9-12,15-16H,13-14,18H2,1-8H3. The van der Waals surface area contributed by atoms with Gasteiger partial charge < -0.3 is 14.2 Å². The summed E-state index contributed by atoms with van der Waals surface area (Å²) in [5.41, 5.74) is 2.56. The molecule has 2 heterocycles. The van der Waals surface area contributed by atoms with Crippen LogP contribution in [0.2, 0.25) is 25.7 Å². The highest BCUT2D eigenvalue weighted by molar-refractivity contribution is 6.76. The minimum Gasteiger partial charge on any atom is -0.496 e. The summed E-state index contributed by atoms with van der Waals surface area (Å²) in [6.45, 7) is 14.7. The number of ether oxygens (including phenoxy) is 3. The lowest BCUT2D eigenvalue weighted by atomic mass is 10.0. The fraction of sp³-hybridized carbons (Fsp3) is 0.400. The van der Waals surface area contributed by atoms with Gasteiger partial charge in [0.15, 0.2) is 5.82 Å². The van der Waals surface area contributed by atoms with E-state index in [9.17, 15) is 14.9 Å². The molecule has 0 unspecified atom stereocenters. The van der Waals surface area contributed by atoms with Gasteiger partial charge in [-0.05, 0) is 69.6 Å². The lowest BCUT2D eigenvalue weighted by Crippen LogP contribution is -2.26. The molecule has 0 N–H and O–H groups in total. The molecule has 2 aromatic heterocycles. The number of hydrogen-bond acceptors (Lipinski definition) is 7. The first kappa shape index (κ1) is 29.0. The zero-order chi connectivity index (χ0) is 29.4. The van der Waals surface area contributed by atoms with Crippen LogP contribution < -0.4 is 4.74 Å². The second-order valence-electron chi connectivity index (χ2n) is 12.1. The Morgan fingerprint density at radius 1 is 1.12 bits per heavy atom. The number of ketones is 1. The molecule has 0 saturated heterocycles. The highest BCUT2D eigenvalue weighted by Crippen LogP contribution is 2.35. The monoisotopic (exact) mass is 560 g/mol. The van der Waals surface area contributed by atoms with E-state index in [1.807, 2.05) is 6.92 Å². The normalized spacial score (nSPS) is 12.1. The van der Waals surface area contributed by atoms with Crippen LogP contribution in [0, 0.1) is 18.3 Å². The number of imidazole rings is 1. The summed E-state index contributed by atoms with van der Waals surface area (Å²) in [6, 6.07) is 11.7. The van der Waals surface area contributed by atoms with Gasteiger partial charge in [-0.15, -0.1) is 0 Å². The zero-order valence-corrected chi connectivity index (χ0v) is 25.4. The Kier molecular flexibility index (Phi) is 7.92. The lowest BCUT2D eigenvalue weighted by Gasteiger charge is -2.20. The molecule has 9 nitrogen and oxygen atoms in total.